The predicted molar refractivity (Wildman–Crippen MR) is 76.2 cm³/mol. The van der Waals surface area contributed by atoms with Crippen molar-refractivity contribution in [3.8, 4) is 6.07 Å². The summed E-state index contributed by atoms with van der Waals surface area (Å²) in [5, 5.41) is 15.6. The van der Waals surface area contributed by atoms with Crippen molar-refractivity contribution in [2.24, 2.45) is 0 Å². The smallest absolute Gasteiger partial charge is 0.261 e. The van der Waals surface area contributed by atoms with Gasteiger partial charge >= 0.3 is 0 Å². The molecule has 7 heteroatoms. The minimum absolute atomic E-state index is 0.0819. The average Bonchev–Trinajstić information content (AvgIpc) is 2.99. The van der Waals surface area contributed by atoms with Gasteiger partial charge < -0.3 is 10.6 Å². The van der Waals surface area contributed by atoms with Gasteiger partial charge in [0.05, 0.1) is 16.5 Å². The normalized spacial score (nSPS) is 9.95. The van der Waals surface area contributed by atoms with Crippen LogP contribution in [0, 0.1) is 23.0 Å². The number of hydrogen-bond donors (Lipinski definition) is 2. The number of rotatable bonds is 5. The van der Waals surface area contributed by atoms with Gasteiger partial charge in [0.2, 0.25) is 0 Å². The molecule has 0 aliphatic heterocycles. The van der Waals surface area contributed by atoms with Crippen molar-refractivity contribution in [2.45, 2.75) is 0 Å². The van der Waals surface area contributed by atoms with Crippen molar-refractivity contribution in [1.29, 1.82) is 5.26 Å². The first kappa shape index (κ1) is 14.9. The minimum Gasteiger partial charge on any atom is -0.379 e. The van der Waals surface area contributed by atoms with Crippen LogP contribution in [0.3, 0.4) is 0 Å². The molecule has 2 aromatic rings. The van der Waals surface area contributed by atoms with Crippen LogP contribution in [0.2, 0.25) is 0 Å². The highest BCUT2D eigenvalue weighted by Gasteiger charge is 2.11. The first-order chi connectivity index (χ1) is 10.1. The molecule has 4 nitrogen and oxygen atoms in total. The number of amides is 1. The first-order valence-electron chi connectivity index (χ1n) is 6.06. The Kier molecular flexibility index (Phi) is 4.85. The summed E-state index contributed by atoms with van der Waals surface area (Å²) in [6, 6.07) is 7.03. The van der Waals surface area contributed by atoms with Crippen molar-refractivity contribution in [3.05, 3.63) is 51.7 Å². The minimum atomic E-state index is -0.837. The van der Waals surface area contributed by atoms with Gasteiger partial charge in [-0.2, -0.15) is 5.26 Å². The molecule has 0 saturated carbocycles. The van der Waals surface area contributed by atoms with Crippen LogP contribution in [0.25, 0.3) is 0 Å². The summed E-state index contributed by atoms with van der Waals surface area (Å²) < 4.78 is 27.1. The van der Waals surface area contributed by atoms with E-state index in [9.17, 15) is 13.6 Å². The van der Waals surface area contributed by atoms with Crippen LogP contribution in [-0.2, 0) is 0 Å². The first-order valence-corrected chi connectivity index (χ1v) is 6.94. The molecule has 0 radical (unpaired) electrons. The van der Waals surface area contributed by atoms with E-state index in [2.05, 4.69) is 10.6 Å². The van der Waals surface area contributed by atoms with E-state index in [0.717, 1.165) is 12.1 Å². The molecule has 0 unspecified atom stereocenters. The number of benzene rings is 1. The van der Waals surface area contributed by atoms with E-state index in [1.807, 2.05) is 0 Å². The number of nitriles is 1. The number of carbonyl (C=O) groups excluding carboxylic acids is 1. The Balaban J connectivity index is 1.87. The van der Waals surface area contributed by atoms with Gasteiger partial charge in [-0.1, -0.05) is 6.07 Å². The van der Waals surface area contributed by atoms with Gasteiger partial charge in [0.25, 0.3) is 5.91 Å². The molecule has 0 fully saturated rings. The van der Waals surface area contributed by atoms with Gasteiger partial charge in [0.15, 0.2) is 11.6 Å². The highest BCUT2D eigenvalue weighted by Crippen LogP contribution is 2.20. The molecule has 0 aliphatic rings. The highest BCUT2D eigenvalue weighted by atomic mass is 32.1. The van der Waals surface area contributed by atoms with E-state index in [0.29, 0.717) is 4.88 Å². The van der Waals surface area contributed by atoms with Crippen LogP contribution in [0.1, 0.15) is 15.2 Å². The summed E-state index contributed by atoms with van der Waals surface area (Å²) in [6.45, 7) is 0.381. The molecule has 21 heavy (non-hydrogen) atoms. The van der Waals surface area contributed by atoms with E-state index in [1.54, 1.807) is 23.6 Å². The Hall–Kier alpha value is -2.46. The molecule has 108 valence electrons. The Morgan fingerprint density at radius 3 is 2.57 bits per heavy atom. The SMILES string of the molecule is N#Cc1cc(F)c(NCCNC(=O)c2cccs2)c(F)c1. The second kappa shape index (κ2) is 6.81. The lowest BCUT2D eigenvalue weighted by Crippen LogP contribution is -2.28. The van der Waals surface area contributed by atoms with E-state index in [1.165, 1.54) is 11.3 Å². The monoisotopic (exact) mass is 307 g/mol. The summed E-state index contributed by atoms with van der Waals surface area (Å²) in [7, 11) is 0. The number of nitrogens with zero attached hydrogens (tertiary/aromatic N) is 1. The summed E-state index contributed by atoms with van der Waals surface area (Å²) in [4.78, 5) is 12.2. The maximum Gasteiger partial charge on any atom is 0.261 e. The molecule has 2 rings (SSSR count). The highest BCUT2D eigenvalue weighted by molar-refractivity contribution is 7.12. The average molecular weight is 307 g/mol. The van der Waals surface area contributed by atoms with Crippen molar-refractivity contribution in [3.63, 3.8) is 0 Å². The van der Waals surface area contributed by atoms with Crippen molar-refractivity contribution < 1.29 is 13.6 Å². The molecule has 0 spiro atoms. The third-order valence-electron chi connectivity index (χ3n) is 2.63. The Bertz CT molecular complexity index is 657. The third kappa shape index (κ3) is 3.77. The topological polar surface area (TPSA) is 64.9 Å². The lowest BCUT2D eigenvalue weighted by Gasteiger charge is -2.09. The molecule has 0 saturated heterocycles. The largest absolute Gasteiger partial charge is 0.379 e. The zero-order valence-electron chi connectivity index (χ0n) is 10.8. The molecule has 1 aromatic heterocycles. The fraction of sp³-hybridized carbons (Fsp3) is 0.143. The zero-order valence-corrected chi connectivity index (χ0v) is 11.6. The Labute approximate surface area is 124 Å². The lowest BCUT2D eigenvalue weighted by molar-refractivity contribution is 0.0959. The molecular formula is C14H11F2N3OS. The quantitative estimate of drug-likeness (QED) is 0.835. The molecule has 0 aliphatic carbocycles. The van der Waals surface area contributed by atoms with Crippen LogP contribution < -0.4 is 10.6 Å². The molecule has 2 N–H and O–H groups in total. The molecule has 1 heterocycles. The van der Waals surface area contributed by atoms with Gasteiger partial charge in [0, 0.05) is 13.1 Å². The van der Waals surface area contributed by atoms with Crippen LogP contribution in [0.4, 0.5) is 14.5 Å². The van der Waals surface area contributed by atoms with Crippen LogP contribution in [-0.4, -0.2) is 19.0 Å². The summed E-state index contributed by atoms with van der Waals surface area (Å²) in [5.74, 6) is -1.90. The number of carbonyl (C=O) groups is 1. The van der Waals surface area contributed by atoms with Crippen LogP contribution >= 0.6 is 11.3 Å². The summed E-state index contributed by atoms with van der Waals surface area (Å²) >= 11 is 1.31. The van der Waals surface area contributed by atoms with E-state index < -0.39 is 11.6 Å². The molecule has 1 aromatic carbocycles. The van der Waals surface area contributed by atoms with Crippen LogP contribution in [0.15, 0.2) is 29.6 Å². The van der Waals surface area contributed by atoms with Crippen molar-refractivity contribution >= 4 is 22.9 Å². The summed E-state index contributed by atoms with van der Waals surface area (Å²) in [6.07, 6.45) is 0. The molecule has 0 bridgehead atoms. The van der Waals surface area contributed by atoms with Crippen molar-refractivity contribution in [1.82, 2.24) is 5.32 Å². The second-order valence-corrected chi connectivity index (χ2v) is 5.03. The van der Waals surface area contributed by atoms with Gasteiger partial charge in [-0.25, -0.2) is 8.78 Å². The van der Waals surface area contributed by atoms with E-state index in [-0.39, 0.29) is 30.2 Å². The standard InChI is InChI=1S/C14H11F2N3OS/c15-10-6-9(8-17)7-11(16)13(10)18-3-4-19-14(20)12-2-1-5-21-12/h1-2,5-7,18H,3-4H2,(H,19,20). The van der Waals surface area contributed by atoms with E-state index >= 15 is 0 Å². The van der Waals surface area contributed by atoms with Gasteiger partial charge in [0.1, 0.15) is 5.69 Å². The summed E-state index contributed by atoms with van der Waals surface area (Å²) in [5.41, 5.74) is -0.388. The number of thiophene rings is 1. The molecular weight excluding hydrogens is 296 g/mol. The molecule has 1 amide bonds. The van der Waals surface area contributed by atoms with Crippen molar-refractivity contribution in [2.75, 3.05) is 18.4 Å². The number of nitrogens with one attached hydrogen (secondary N) is 2. The fourth-order valence-electron chi connectivity index (χ4n) is 1.66. The molecule has 0 atom stereocenters. The van der Waals surface area contributed by atoms with Gasteiger partial charge in [-0.15, -0.1) is 11.3 Å². The lowest BCUT2D eigenvalue weighted by atomic mass is 10.2. The predicted octanol–water partition coefficient (Wildman–Crippen LogP) is 2.74. The Morgan fingerprint density at radius 1 is 1.29 bits per heavy atom. The third-order valence-corrected chi connectivity index (χ3v) is 3.50. The van der Waals surface area contributed by atoms with Crippen LogP contribution in [0.5, 0.6) is 0 Å². The number of hydrogen-bond acceptors (Lipinski definition) is 4. The second-order valence-electron chi connectivity index (χ2n) is 4.09. The Morgan fingerprint density at radius 2 is 2.00 bits per heavy atom. The van der Waals surface area contributed by atoms with Gasteiger partial charge in [-0.05, 0) is 23.6 Å². The van der Waals surface area contributed by atoms with E-state index in [4.69, 9.17) is 5.26 Å². The maximum atomic E-state index is 13.6. The maximum absolute atomic E-state index is 13.6. The van der Waals surface area contributed by atoms with Gasteiger partial charge in [-0.3, -0.25) is 4.79 Å². The number of anilines is 1. The fourth-order valence-corrected chi connectivity index (χ4v) is 2.31. The zero-order chi connectivity index (χ0) is 15.2. The number of halogens is 2.